The SMILES string of the molecule is CCCCCC(=O)Nc1cc[nH]c(=O)n1. The van der Waals surface area contributed by atoms with Gasteiger partial charge < -0.3 is 10.3 Å². The molecule has 1 rings (SSSR count). The predicted octanol–water partition coefficient (Wildman–Crippen LogP) is 1.29. The normalized spacial score (nSPS) is 9.93. The number of unbranched alkanes of at least 4 members (excludes halogenated alkanes) is 2. The van der Waals surface area contributed by atoms with Crippen molar-refractivity contribution < 1.29 is 4.79 Å². The van der Waals surface area contributed by atoms with Gasteiger partial charge in [-0.15, -0.1) is 0 Å². The average molecular weight is 209 g/mol. The summed E-state index contributed by atoms with van der Waals surface area (Å²) >= 11 is 0. The van der Waals surface area contributed by atoms with Gasteiger partial charge in [-0.3, -0.25) is 4.79 Å². The van der Waals surface area contributed by atoms with Crippen LogP contribution in [0.5, 0.6) is 0 Å². The van der Waals surface area contributed by atoms with Crippen molar-refractivity contribution in [3.8, 4) is 0 Å². The number of carbonyl (C=O) groups excluding carboxylic acids is 1. The van der Waals surface area contributed by atoms with Gasteiger partial charge >= 0.3 is 5.69 Å². The molecule has 0 saturated carbocycles. The number of carbonyl (C=O) groups is 1. The number of nitrogens with zero attached hydrogens (tertiary/aromatic N) is 1. The summed E-state index contributed by atoms with van der Waals surface area (Å²) in [5, 5.41) is 2.57. The minimum absolute atomic E-state index is 0.0958. The summed E-state index contributed by atoms with van der Waals surface area (Å²) in [5.41, 5.74) is -0.457. The van der Waals surface area contributed by atoms with E-state index in [1.165, 1.54) is 6.20 Å². The summed E-state index contributed by atoms with van der Waals surface area (Å²) in [6.07, 6.45) is 4.91. The molecule has 0 bridgehead atoms. The number of hydrogen-bond donors (Lipinski definition) is 2. The number of anilines is 1. The molecule has 0 spiro atoms. The van der Waals surface area contributed by atoms with Crippen LogP contribution < -0.4 is 11.0 Å². The molecule has 0 aromatic carbocycles. The van der Waals surface area contributed by atoms with Crippen molar-refractivity contribution in [2.75, 3.05) is 5.32 Å². The van der Waals surface area contributed by atoms with Crippen molar-refractivity contribution in [3.05, 3.63) is 22.7 Å². The lowest BCUT2D eigenvalue weighted by Gasteiger charge is -2.02. The molecule has 1 amide bonds. The van der Waals surface area contributed by atoms with E-state index in [0.29, 0.717) is 12.2 Å². The number of rotatable bonds is 5. The third kappa shape index (κ3) is 4.39. The molecule has 0 atom stereocenters. The molecule has 82 valence electrons. The standard InChI is InChI=1S/C10H15N3O2/c1-2-3-4-5-9(14)12-8-6-7-11-10(15)13-8/h6-7H,2-5H2,1H3,(H2,11,12,13,14,15). The van der Waals surface area contributed by atoms with E-state index in [1.807, 2.05) is 0 Å². The highest BCUT2D eigenvalue weighted by Crippen LogP contribution is 2.02. The molecule has 1 aromatic rings. The van der Waals surface area contributed by atoms with Gasteiger partial charge in [-0.1, -0.05) is 19.8 Å². The number of amides is 1. The Labute approximate surface area is 87.9 Å². The van der Waals surface area contributed by atoms with E-state index < -0.39 is 5.69 Å². The summed E-state index contributed by atoms with van der Waals surface area (Å²) < 4.78 is 0. The molecule has 0 fully saturated rings. The van der Waals surface area contributed by atoms with E-state index in [9.17, 15) is 9.59 Å². The monoisotopic (exact) mass is 209 g/mol. The Hall–Kier alpha value is -1.65. The maximum Gasteiger partial charge on any atom is 0.346 e. The molecule has 5 nitrogen and oxygen atoms in total. The Morgan fingerprint density at radius 3 is 3.00 bits per heavy atom. The average Bonchev–Trinajstić information content (AvgIpc) is 2.18. The third-order valence-corrected chi connectivity index (χ3v) is 1.94. The van der Waals surface area contributed by atoms with Crippen molar-refractivity contribution in [1.29, 1.82) is 0 Å². The topological polar surface area (TPSA) is 74.8 Å². The number of aromatic amines is 1. The molecule has 5 heteroatoms. The van der Waals surface area contributed by atoms with Crippen LogP contribution in [0.15, 0.2) is 17.1 Å². The van der Waals surface area contributed by atoms with Gasteiger partial charge in [0.05, 0.1) is 0 Å². The zero-order valence-electron chi connectivity index (χ0n) is 8.75. The Kier molecular flexibility index (Phi) is 4.53. The van der Waals surface area contributed by atoms with Gasteiger partial charge in [-0.05, 0) is 12.5 Å². The lowest BCUT2D eigenvalue weighted by atomic mass is 10.2. The Morgan fingerprint density at radius 2 is 2.33 bits per heavy atom. The van der Waals surface area contributed by atoms with Crippen LogP contribution in [0.2, 0.25) is 0 Å². The quantitative estimate of drug-likeness (QED) is 0.717. The summed E-state index contributed by atoms with van der Waals surface area (Å²) in [7, 11) is 0. The van der Waals surface area contributed by atoms with Crippen LogP contribution >= 0.6 is 0 Å². The van der Waals surface area contributed by atoms with Gasteiger partial charge in [0.2, 0.25) is 5.91 Å². The highest BCUT2D eigenvalue weighted by atomic mass is 16.2. The van der Waals surface area contributed by atoms with E-state index in [4.69, 9.17) is 0 Å². The molecule has 0 unspecified atom stereocenters. The fourth-order valence-electron chi connectivity index (χ4n) is 1.18. The number of hydrogen-bond acceptors (Lipinski definition) is 3. The second-order valence-electron chi connectivity index (χ2n) is 3.29. The first-order valence-corrected chi connectivity index (χ1v) is 5.08. The molecular formula is C10H15N3O2. The molecule has 0 aliphatic rings. The number of aromatic nitrogens is 2. The largest absolute Gasteiger partial charge is 0.346 e. The van der Waals surface area contributed by atoms with Crippen LogP contribution in [-0.2, 0) is 4.79 Å². The maximum absolute atomic E-state index is 11.3. The van der Waals surface area contributed by atoms with Gasteiger partial charge in [-0.2, -0.15) is 4.98 Å². The van der Waals surface area contributed by atoms with Crippen molar-refractivity contribution in [2.24, 2.45) is 0 Å². The third-order valence-electron chi connectivity index (χ3n) is 1.94. The van der Waals surface area contributed by atoms with E-state index in [0.717, 1.165) is 19.3 Å². The first-order chi connectivity index (χ1) is 7.22. The number of nitrogens with one attached hydrogen (secondary N) is 2. The van der Waals surface area contributed by atoms with E-state index in [-0.39, 0.29) is 5.91 Å². The predicted molar refractivity (Wildman–Crippen MR) is 57.6 cm³/mol. The summed E-state index contributed by atoms with van der Waals surface area (Å²) in [6.45, 7) is 2.08. The van der Waals surface area contributed by atoms with Crippen molar-refractivity contribution >= 4 is 11.7 Å². The van der Waals surface area contributed by atoms with Gasteiger partial charge in [-0.25, -0.2) is 4.79 Å². The van der Waals surface area contributed by atoms with Crippen molar-refractivity contribution in [3.63, 3.8) is 0 Å². The minimum atomic E-state index is -0.457. The molecule has 15 heavy (non-hydrogen) atoms. The van der Waals surface area contributed by atoms with Crippen LogP contribution in [-0.4, -0.2) is 15.9 Å². The van der Waals surface area contributed by atoms with Gasteiger partial charge in [0.1, 0.15) is 5.82 Å². The first kappa shape index (κ1) is 11.4. The fourth-order valence-corrected chi connectivity index (χ4v) is 1.18. The molecule has 1 heterocycles. The molecular weight excluding hydrogens is 194 g/mol. The van der Waals surface area contributed by atoms with Crippen LogP contribution in [0.4, 0.5) is 5.82 Å². The van der Waals surface area contributed by atoms with Gasteiger partial charge in [0, 0.05) is 12.6 Å². The smallest absolute Gasteiger partial charge is 0.313 e. The lowest BCUT2D eigenvalue weighted by Crippen LogP contribution is -2.17. The Balaban J connectivity index is 2.41. The van der Waals surface area contributed by atoms with E-state index in [2.05, 4.69) is 22.2 Å². The van der Waals surface area contributed by atoms with Gasteiger partial charge in [0.25, 0.3) is 0 Å². The van der Waals surface area contributed by atoms with Crippen molar-refractivity contribution in [2.45, 2.75) is 32.6 Å². The van der Waals surface area contributed by atoms with Gasteiger partial charge in [0.15, 0.2) is 0 Å². The van der Waals surface area contributed by atoms with Crippen molar-refractivity contribution in [1.82, 2.24) is 9.97 Å². The minimum Gasteiger partial charge on any atom is -0.313 e. The number of H-pyrrole nitrogens is 1. The summed E-state index contributed by atoms with van der Waals surface area (Å²) in [6, 6.07) is 1.55. The maximum atomic E-state index is 11.3. The second-order valence-corrected chi connectivity index (χ2v) is 3.29. The molecule has 0 saturated heterocycles. The van der Waals surface area contributed by atoms with Crippen LogP contribution in [0, 0.1) is 0 Å². The van der Waals surface area contributed by atoms with Crippen LogP contribution in [0.25, 0.3) is 0 Å². The molecule has 0 aliphatic carbocycles. The summed E-state index contributed by atoms with van der Waals surface area (Å²) in [5.74, 6) is 0.210. The second kappa shape index (κ2) is 5.95. The Bertz CT molecular complexity index is 373. The zero-order valence-corrected chi connectivity index (χ0v) is 8.75. The molecule has 0 aliphatic heterocycles. The van der Waals surface area contributed by atoms with E-state index in [1.54, 1.807) is 6.07 Å². The highest BCUT2D eigenvalue weighted by Gasteiger charge is 2.02. The van der Waals surface area contributed by atoms with Crippen LogP contribution in [0.1, 0.15) is 32.6 Å². The molecule has 2 N–H and O–H groups in total. The summed E-state index contributed by atoms with van der Waals surface area (Å²) in [4.78, 5) is 28.1. The van der Waals surface area contributed by atoms with E-state index >= 15 is 0 Å². The zero-order chi connectivity index (χ0) is 11.1. The molecule has 1 aromatic heterocycles. The highest BCUT2D eigenvalue weighted by molar-refractivity contribution is 5.89. The van der Waals surface area contributed by atoms with Crippen LogP contribution in [0.3, 0.4) is 0 Å². The first-order valence-electron chi connectivity index (χ1n) is 5.08. The lowest BCUT2D eigenvalue weighted by molar-refractivity contribution is -0.116. The molecule has 0 radical (unpaired) electrons. The Morgan fingerprint density at radius 1 is 1.53 bits per heavy atom. The fraction of sp³-hybridized carbons (Fsp3) is 0.500.